The highest BCUT2D eigenvalue weighted by Crippen LogP contribution is 2.07. The number of aliphatic imine (C=N–C) groups is 1. The Bertz CT molecular complexity index is 609. The van der Waals surface area contributed by atoms with E-state index in [0.29, 0.717) is 12.1 Å². The van der Waals surface area contributed by atoms with Gasteiger partial charge < -0.3 is 10.6 Å². The second kappa shape index (κ2) is 8.08. The fourth-order valence-corrected chi connectivity index (χ4v) is 2.43. The molecule has 0 saturated heterocycles. The van der Waals surface area contributed by atoms with Crippen LogP contribution in [-0.2, 0) is 13.1 Å². The zero-order chi connectivity index (χ0) is 14.9. The van der Waals surface area contributed by atoms with Gasteiger partial charge in [-0.05, 0) is 36.1 Å². The second-order valence-corrected chi connectivity index (χ2v) is 5.47. The van der Waals surface area contributed by atoms with Gasteiger partial charge in [-0.3, -0.25) is 0 Å². The van der Waals surface area contributed by atoms with Crippen molar-refractivity contribution in [1.82, 2.24) is 10.6 Å². The Kier molecular flexibility index (Phi) is 5.80. The van der Waals surface area contributed by atoms with Gasteiger partial charge in [0.25, 0.3) is 0 Å². The average Bonchev–Trinajstić information content (AvgIpc) is 3.04. The van der Waals surface area contributed by atoms with E-state index in [0.717, 1.165) is 24.6 Å². The molecular formula is C16H18N4S. The number of guanidine groups is 1. The molecule has 21 heavy (non-hydrogen) atoms. The quantitative estimate of drug-likeness (QED) is 0.659. The fourth-order valence-electron chi connectivity index (χ4n) is 1.78. The minimum absolute atomic E-state index is 0.589. The van der Waals surface area contributed by atoms with Crippen LogP contribution in [0.25, 0.3) is 0 Å². The Balaban J connectivity index is 1.94. The number of hydrogen-bond acceptors (Lipinski definition) is 3. The third-order valence-corrected chi connectivity index (χ3v) is 3.73. The van der Waals surface area contributed by atoms with Crippen molar-refractivity contribution in [1.29, 1.82) is 5.26 Å². The molecule has 0 saturated carbocycles. The van der Waals surface area contributed by atoms with Crippen molar-refractivity contribution in [3.05, 3.63) is 57.8 Å². The molecule has 1 heterocycles. The molecule has 5 heteroatoms. The molecular weight excluding hydrogens is 280 g/mol. The van der Waals surface area contributed by atoms with Gasteiger partial charge in [0.1, 0.15) is 0 Å². The Morgan fingerprint density at radius 3 is 2.67 bits per heavy atom. The van der Waals surface area contributed by atoms with Crippen molar-refractivity contribution in [2.75, 3.05) is 6.54 Å². The number of benzene rings is 1. The molecule has 1 aromatic carbocycles. The molecule has 0 fully saturated rings. The monoisotopic (exact) mass is 298 g/mol. The molecule has 0 bridgehead atoms. The van der Waals surface area contributed by atoms with E-state index in [9.17, 15) is 0 Å². The molecule has 2 N–H and O–H groups in total. The smallest absolute Gasteiger partial charge is 0.191 e. The standard InChI is InChI=1S/C16H18N4S/c1-2-18-16(20-12-15-4-3-9-21-15)19-11-14-7-5-13(10-17)6-8-14/h3-9H,2,11-12H2,1H3,(H2,18,19,20). The molecule has 2 aromatic rings. The van der Waals surface area contributed by atoms with Crippen LogP contribution < -0.4 is 10.6 Å². The van der Waals surface area contributed by atoms with E-state index in [4.69, 9.17) is 5.26 Å². The van der Waals surface area contributed by atoms with Gasteiger partial charge >= 0.3 is 0 Å². The van der Waals surface area contributed by atoms with Crippen molar-refractivity contribution in [2.45, 2.75) is 20.0 Å². The van der Waals surface area contributed by atoms with Crippen molar-refractivity contribution in [3.63, 3.8) is 0 Å². The highest BCUT2D eigenvalue weighted by Gasteiger charge is 1.99. The fraction of sp³-hybridized carbons (Fsp3) is 0.250. The number of thiophene rings is 1. The summed E-state index contributed by atoms with van der Waals surface area (Å²) in [5.74, 6) is 0.801. The van der Waals surface area contributed by atoms with E-state index in [1.807, 2.05) is 37.3 Å². The number of hydrogen-bond donors (Lipinski definition) is 2. The minimum Gasteiger partial charge on any atom is -0.357 e. The highest BCUT2D eigenvalue weighted by atomic mass is 32.1. The summed E-state index contributed by atoms with van der Waals surface area (Å²) in [6.07, 6.45) is 0. The molecule has 0 atom stereocenters. The molecule has 0 spiro atoms. The van der Waals surface area contributed by atoms with E-state index >= 15 is 0 Å². The molecule has 0 unspecified atom stereocenters. The van der Waals surface area contributed by atoms with Crippen LogP contribution in [0.5, 0.6) is 0 Å². The first kappa shape index (κ1) is 15.1. The molecule has 1 aromatic heterocycles. The maximum atomic E-state index is 8.78. The van der Waals surface area contributed by atoms with Gasteiger partial charge in [-0.1, -0.05) is 18.2 Å². The SMILES string of the molecule is CCNC(=NCc1ccc(C#N)cc1)NCc1cccs1. The third-order valence-electron chi connectivity index (χ3n) is 2.86. The Morgan fingerprint density at radius 2 is 2.05 bits per heavy atom. The van der Waals surface area contributed by atoms with Gasteiger partial charge in [0.15, 0.2) is 5.96 Å². The summed E-state index contributed by atoms with van der Waals surface area (Å²) >= 11 is 1.73. The van der Waals surface area contributed by atoms with Gasteiger partial charge in [0.2, 0.25) is 0 Å². The van der Waals surface area contributed by atoms with Gasteiger partial charge in [-0.2, -0.15) is 5.26 Å². The summed E-state index contributed by atoms with van der Waals surface area (Å²) in [5, 5.41) is 17.4. The summed E-state index contributed by atoms with van der Waals surface area (Å²) in [5.41, 5.74) is 1.76. The summed E-state index contributed by atoms with van der Waals surface area (Å²) < 4.78 is 0. The summed E-state index contributed by atoms with van der Waals surface area (Å²) in [6, 6.07) is 13.8. The first-order chi connectivity index (χ1) is 10.3. The van der Waals surface area contributed by atoms with Gasteiger partial charge in [0, 0.05) is 11.4 Å². The lowest BCUT2D eigenvalue weighted by Gasteiger charge is -2.10. The van der Waals surface area contributed by atoms with Gasteiger partial charge in [-0.25, -0.2) is 4.99 Å². The maximum absolute atomic E-state index is 8.78. The van der Waals surface area contributed by atoms with Crippen LogP contribution in [0.4, 0.5) is 0 Å². The lowest BCUT2D eigenvalue weighted by Crippen LogP contribution is -2.36. The molecule has 108 valence electrons. The Morgan fingerprint density at radius 1 is 1.24 bits per heavy atom. The highest BCUT2D eigenvalue weighted by molar-refractivity contribution is 7.09. The number of nitrogens with one attached hydrogen (secondary N) is 2. The number of rotatable bonds is 5. The van der Waals surface area contributed by atoms with Gasteiger partial charge in [-0.15, -0.1) is 11.3 Å². The molecule has 0 amide bonds. The van der Waals surface area contributed by atoms with E-state index in [2.05, 4.69) is 33.1 Å². The predicted molar refractivity (Wildman–Crippen MR) is 87.1 cm³/mol. The van der Waals surface area contributed by atoms with Gasteiger partial charge in [0.05, 0.1) is 24.7 Å². The lowest BCUT2D eigenvalue weighted by atomic mass is 10.1. The first-order valence-corrected chi connectivity index (χ1v) is 7.73. The predicted octanol–water partition coefficient (Wildman–Crippen LogP) is 2.88. The lowest BCUT2D eigenvalue weighted by molar-refractivity contribution is 0.823. The second-order valence-electron chi connectivity index (χ2n) is 4.44. The first-order valence-electron chi connectivity index (χ1n) is 6.85. The molecule has 2 rings (SSSR count). The molecule has 0 aliphatic rings. The summed E-state index contributed by atoms with van der Waals surface area (Å²) in [6.45, 7) is 4.23. The van der Waals surface area contributed by atoms with Crippen LogP contribution in [-0.4, -0.2) is 12.5 Å². The minimum atomic E-state index is 0.589. The molecule has 0 aliphatic carbocycles. The Labute approximate surface area is 129 Å². The van der Waals surface area contributed by atoms with Crippen molar-refractivity contribution in [2.24, 2.45) is 4.99 Å². The molecule has 4 nitrogen and oxygen atoms in total. The van der Waals surface area contributed by atoms with Crippen LogP contribution in [0.1, 0.15) is 22.9 Å². The summed E-state index contributed by atoms with van der Waals surface area (Å²) in [7, 11) is 0. The van der Waals surface area contributed by atoms with E-state index in [1.165, 1.54) is 4.88 Å². The zero-order valence-corrected chi connectivity index (χ0v) is 12.8. The number of nitriles is 1. The molecule has 0 aliphatic heterocycles. The van der Waals surface area contributed by atoms with E-state index in [-0.39, 0.29) is 0 Å². The largest absolute Gasteiger partial charge is 0.357 e. The topological polar surface area (TPSA) is 60.2 Å². The zero-order valence-electron chi connectivity index (χ0n) is 12.0. The van der Waals surface area contributed by atoms with E-state index in [1.54, 1.807) is 11.3 Å². The van der Waals surface area contributed by atoms with Crippen LogP contribution in [0.3, 0.4) is 0 Å². The van der Waals surface area contributed by atoms with Crippen LogP contribution in [0.2, 0.25) is 0 Å². The van der Waals surface area contributed by atoms with Crippen LogP contribution in [0, 0.1) is 11.3 Å². The van der Waals surface area contributed by atoms with Crippen molar-refractivity contribution < 1.29 is 0 Å². The van der Waals surface area contributed by atoms with Crippen molar-refractivity contribution >= 4 is 17.3 Å². The normalized spacial score (nSPS) is 11.0. The molecule has 0 radical (unpaired) electrons. The van der Waals surface area contributed by atoms with E-state index < -0.39 is 0 Å². The summed E-state index contributed by atoms with van der Waals surface area (Å²) in [4.78, 5) is 5.83. The average molecular weight is 298 g/mol. The van der Waals surface area contributed by atoms with Crippen LogP contribution >= 0.6 is 11.3 Å². The van der Waals surface area contributed by atoms with Crippen LogP contribution in [0.15, 0.2) is 46.8 Å². The third kappa shape index (κ3) is 4.93. The maximum Gasteiger partial charge on any atom is 0.191 e. The number of nitrogens with zero attached hydrogens (tertiary/aromatic N) is 2. The Hall–Kier alpha value is -2.32. The van der Waals surface area contributed by atoms with Crippen molar-refractivity contribution in [3.8, 4) is 6.07 Å².